The Bertz CT molecular complexity index is 1000. The number of ether oxygens (including phenoxy) is 6. The van der Waals surface area contributed by atoms with Gasteiger partial charge in [-0.25, -0.2) is 28.8 Å². The number of aliphatic hydroxyl groups is 3. The van der Waals surface area contributed by atoms with Crippen LogP contribution in [0.5, 0.6) is 0 Å². The number of hydrogen-bond donors (Lipinski definition) is 3. The van der Waals surface area contributed by atoms with Crippen LogP contribution in [-0.2, 0) is 57.2 Å². The van der Waals surface area contributed by atoms with E-state index in [1.54, 1.807) is 0 Å². The smallest absolute Gasteiger partial charge is 0.454 e. The van der Waals surface area contributed by atoms with Gasteiger partial charge in [-0.3, -0.25) is 0 Å². The van der Waals surface area contributed by atoms with E-state index in [1.165, 1.54) is 0 Å². The molecule has 3 aliphatic heterocycles. The number of aliphatic hydroxyl groups excluding tert-OH is 3. The molecule has 0 radical (unpaired) electrons. The molecule has 0 saturated heterocycles. The van der Waals surface area contributed by atoms with Crippen LogP contribution in [0.25, 0.3) is 0 Å². The Kier molecular flexibility index (Phi) is 6.30. The van der Waals surface area contributed by atoms with Gasteiger partial charge in [-0.1, -0.05) is 0 Å². The Labute approximate surface area is 182 Å². The summed E-state index contributed by atoms with van der Waals surface area (Å²) in [4.78, 5) is 74.2. The molecule has 0 saturated carbocycles. The second kappa shape index (κ2) is 8.81. The van der Waals surface area contributed by atoms with Crippen molar-refractivity contribution in [2.24, 2.45) is 0 Å². The van der Waals surface area contributed by atoms with E-state index in [0.717, 1.165) is 0 Å². The highest BCUT2D eigenvalue weighted by atomic mass is 16.9. The predicted octanol–water partition coefficient (Wildman–Crippen LogP) is -3.61. The fourth-order valence-electron chi connectivity index (χ4n) is 2.76. The van der Waals surface area contributed by atoms with Gasteiger partial charge in [-0.05, 0) is 0 Å². The molecule has 0 bridgehead atoms. The first-order chi connectivity index (χ1) is 15.6. The first-order valence-corrected chi connectivity index (χ1v) is 8.86. The molecule has 3 N–H and O–H groups in total. The lowest BCUT2D eigenvalue weighted by atomic mass is 10.1. The van der Waals surface area contributed by atoms with Crippen LogP contribution in [0.1, 0.15) is 0 Å². The monoisotopic (exact) mass is 470 g/mol. The second-order valence-corrected chi connectivity index (χ2v) is 6.36. The first-order valence-electron chi connectivity index (χ1n) is 8.86. The van der Waals surface area contributed by atoms with Crippen LogP contribution >= 0.6 is 0 Å². The molecule has 2 spiro atoms. The summed E-state index contributed by atoms with van der Waals surface area (Å²) in [6.45, 7) is -4.76. The lowest BCUT2D eigenvalue weighted by molar-refractivity contribution is -0.442. The fraction of sp³-hybridized carbons (Fsp3) is 0.333. The van der Waals surface area contributed by atoms with Crippen molar-refractivity contribution in [1.29, 1.82) is 0 Å². The highest BCUT2D eigenvalue weighted by molar-refractivity contribution is 6.03. The predicted molar refractivity (Wildman–Crippen MR) is 92.4 cm³/mol. The summed E-state index contributed by atoms with van der Waals surface area (Å²) in [7, 11) is 0. The number of rotatable bonds is 3. The van der Waals surface area contributed by atoms with Crippen LogP contribution in [-0.4, -0.2) is 89.3 Å². The lowest BCUT2D eigenvalue weighted by Gasteiger charge is -2.42. The summed E-state index contributed by atoms with van der Waals surface area (Å²) >= 11 is 0. The van der Waals surface area contributed by atoms with Crippen molar-refractivity contribution in [3.63, 3.8) is 0 Å². The van der Waals surface area contributed by atoms with Crippen molar-refractivity contribution < 1.29 is 72.5 Å². The SMILES string of the molecule is O=C1/C=C\C(=O)OC2(CO1)OC(=O)/C=C(/CO)C(=O)OC21OC(=O)C(CO)=C(CO)C(=O)O1. The van der Waals surface area contributed by atoms with Gasteiger partial charge in [0.05, 0.1) is 36.5 Å². The van der Waals surface area contributed by atoms with Gasteiger partial charge in [0.1, 0.15) is 0 Å². The summed E-state index contributed by atoms with van der Waals surface area (Å²) in [6, 6.07) is 0. The maximum Gasteiger partial charge on any atom is 0.511 e. The molecule has 0 aromatic rings. The van der Waals surface area contributed by atoms with E-state index in [0.29, 0.717) is 18.2 Å². The molecule has 1 unspecified atom stereocenters. The average molecular weight is 470 g/mol. The highest BCUT2D eigenvalue weighted by Crippen LogP contribution is 2.41. The summed E-state index contributed by atoms with van der Waals surface area (Å²) in [6.07, 6.45) is 1.57. The van der Waals surface area contributed by atoms with E-state index >= 15 is 0 Å². The van der Waals surface area contributed by atoms with Crippen LogP contribution in [0.4, 0.5) is 0 Å². The molecule has 15 nitrogen and oxygen atoms in total. The minimum atomic E-state index is -3.60. The highest BCUT2D eigenvalue weighted by Gasteiger charge is 2.72. The first kappa shape index (κ1) is 23.6. The molecular formula is C18H14O15. The van der Waals surface area contributed by atoms with Crippen molar-refractivity contribution in [2.75, 3.05) is 26.4 Å². The van der Waals surface area contributed by atoms with Gasteiger partial charge >= 0.3 is 47.6 Å². The van der Waals surface area contributed by atoms with Crippen molar-refractivity contribution in [2.45, 2.75) is 11.8 Å². The largest absolute Gasteiger partial charge is 0.511 e. The molecule has 3 rings (SSSR count). The molecule has 3 heterocycles. The molecule has 0 fully saturated rings. The van der Waals surface area contributed by atoms with Crippen molar-refractivity contribution in [1.82, 2.24) is 0 Å². The summed E-state index contributed by atoms with van der Waals surface area (Å²) in [5, 5.41) is 28.2. The standard InChI is InChI=1S/C18H14O15/c19-4-8-3-13(24)30-17(7-28-11(22)1-2-12(23)29-17)18(31-14(8)25)32-15(26)9(5-20)10(6-21)16(27)33-18/h1-3,19-21H,4-7H2/b2-1-,8-3-. The van der Waals surface area contributed by atoms with Crippen molar-refractivity contribution >= 4 is 35.8 Å². The minimum absolute atomic E-state index is 0.429. The average Bonchev–Trinajstić information content (AvgIpc) is 2.85. The van der Waals surface area contributed by atoms with Gasteiger partial charge in [0.15, 0.2) is 6.61 Å². The van der Waals surface area contributed by atoms with Gasteiger partial charge < -0.3 is 43.7 Å². The number of carbonyl (C=O) groups is 6. The topological polar surface area (TPSA) is 218 Å². The second-order valence-electron chi connectivity index (χ2n) is 6.36. The number of hydrogen-bond acceptors (Lipinski definition) is 15. The Morgan fingerprint density at radius 1 is 0.667 bits per heavy atom. The van der Waals surface area contributed by atoms with Gasteiger partial charge in [0, 0.05) is 18.2 Å². The van der Waals surface area contributed by atoms with Crippen molar-refractivity contribution in [3.8, 4) is 0 Å². The molecule has 0 aromatic carbocycles. The lowest BCUT2D eigenvalue weighted by Crippen LogP contribution is -2.68. The van der Waals surface area contributed by atoms with E-state index in [9.17, 15) is 44.1 Å². The number of fused-ring (bicyclic) bond motifs is 1. The maximum absolute atomic E-state index is 12.7. The van der Waals surface area contributed by atoms with E-state index in [2.05, 4.69) is 0 Å². The molecule has 1 atom stereocenters. The van der Waals surface area contributed by atoms with Crippen LogP contribution in [0.15, 0.2) is 34.9 Å². The van der Waals surface area contributed by atoms with E-state index in [-0.39, 0.29) is 0 Å². The molecule has 0 amide bonds. The van der Waals surface area contributed by atoms with Gasteiger partial charge in [0.25, 0.3) is 0 Å². The van der Waals surface area contributed by atoms with E-state index in [4.69, 9.17) is 28.4 Å². The fourth-order valence-corrected chi connectivity index (χ4v) is 2.76. The van der Waals surface area contributed by atoms with Gasteiger partial charge in [-0.15, -0.1) is 0 Å². The molecule has 3 aliphatic rings. The Morgan fingerprint density at radius 2 is 1.18 bits per heavy atom. The van der Waals surface area contributed by atoms with Crippen LogP contribution in [0.2, 0.25) is 0 Å². The number of cyclic esters (lactones) is 1. The molecule has 176 valence electrons. The zero-order chi connectivity index (χ0) is 24.4. The van der Waals surface area contributed by atoms with Gasteiger partial charge in [0.2, 0.25) is 0 Å². The molecule has 0 aromatic heterocycles. The Morgan fingerprint density at radius 3 is 1.73 bits per heavy atom. The van der Waals surface area contributed by atoms with Crippen molar-refractivity contribution in [3.05, 3.63) is 34.9 Å². The van der Waals surface area contributed by atoms with Crippen LogP contribution in [0, 0.1) is 0 Å². The van der Waals surface area contributed by atoms with Gasteiger partial charge in [-0.2, -0.15) is 0 Å². The third-order valence-electron chi connectivity index (χ3n) is 4.34. The van der Waals surface area contributed by atoms with E-state index in [1.807, 2.05) is 0 Å². The number of carbonyl (C=O) groups excluding carboxylic acids is 6. The van der Waals surface area contributed by atoms with E-state index < -0.39 is 90.7 Å². The molecule has 33 heavy (non-hydrogen) atoms. The zero-order valence-electron chi connectivity index (χ0n) is 16.3. The summed E-state index contributed by atoms with van der Waals surface area (Å²) in [5.41, 5.74) is -2.45. The summed E-state index contributed by atoms with van der Waals surface area (Å²) < 4.78 is 29.5. The Balaban J connectivity index is 2.27. The number of esters is 6. The van der Waals surface area contributed by atoms with Crippen LogP contribution in [0.3, 0.4) is 0 Å². The molecule has 0 aliphatic carbocycles. The normalized spacial score (nSPS) is 27.9. The third kappa shape index (κ3) is 4.19. The molecule has 15 heteroatoms. The molecular weight excluding hydrogens is 456 g/mol. The van der Waals surface area contributed by atoms with Crippen LogP contribution < -0.4 is 0 Å². The summed E-state index contributed by atoms with van der Waals surface area (Å²) in [5.74, 6) is -15.8. The Hall–Kier alpha value is -4.08. The third-order valence-corrected chi connectivity index (χ3v) is 4.34. The zero-order valence-corrected chi connectivity index (χ0v) is 16.3. The minimum Gasteiger partial charge on any atom is -0.454 e. The maximum atomic E-state index is 12.7. The quantitative estimate of drug-likeness (QED) is 0.268.